The van der Waals surface area contributed by atoms with Gasteiger partial charge in [-0.15, -0.1) is 12.4 Å². The summed E-state index contributed by atoms with van der Waals surface area (Å²) in [4.78, 5) is 11.6. The maximum Gasteiger partial charge on any atom is 0.252 e. The van der Waals surface area contributed by atoms with Crippen molar-refractivity contribution in [3.8, 4) is 0 Å². The first kappa shape index (κ1) is 16.5. The largest absolute Gasteiger partial charge is 0.348 e. The number of halogens is 4. The molecule has 1 aromatic rings. The predicted octanol–water partition coefficient (Wildman–Crippen LogP) is 2.07. The highest BCUT2D eigenvalue weighted by Gasteiger charge is 2.15. The summed E-state index contributed by atoms with van der Waals surface area (Å²) in [5, 5.41) is 2.58. The minimum atomic E-state index is -1.04. The van der Waals surface area contributed by atoms with E-state index in [0.717, 1.165) is 12.1 Å². The van der Waals surface area contributed by atoms with E-state index in [1.54, 1.807) is 29.5 Å². The zero-order chi connectivity index (χ0) is 12.3. The summed E-state index contributed by atoms with van der Waals surface area (Å²) in [5.41, 5.74) is 5.45. The molecule has 0 aliphatic heterocycles. The van der Waals surface area contributed by atoms with Gasteiger partial charge >= 0.3 is 0 Å². The van der Waals surface area contributed by atoms with Gasteiger partial charge in [-0.3, -0.25) is 4.79 Å². The molecule has 0 bridgehead atoms. The first-order valence-electron chi connectivity index (χ1n) is 4.61. The van der Waals surface area contributed by atoms with Crippen LogP contribution in [0.3, 0.4) is 0 Å². The monoisotopic (exact) mass is 376 g/mol. The molecule has 0 spiro atoms. The minimum Gasteiger partial charge on any atom is -0.348 e. The van der Waals surface area contributed by atoms with Crippen LogP contribution in [0.15, 0.2) is 12.1 Å². The Labute approximate surface area is 118 Å². The molecule has 0 saturated heterocycles. The highest BCUT2D eigenvalue weighted by molar-refractivity contribution is 14.1. The van der Waals surface area contributed by atoms with Crippen molar-refractivity contribution < 1.29 is 13.6 Å². The van der Waals surface area contributed by atoms with Gasteiger partial charge in [-0.1, -0.05) is 0 Å². The second-order valence-electron chi connectivity index (χ2n) is 3.36. The lowest BCUT2D eigenvalue weighted by Crippen LogP contribution is -2.38. The Morgan fingerprint density at radius 3 is 2.53 bits per heavy atom. The van der Waals surface area contributed by atoms with E-state index >= 15 is 0 Å². The fraction of sp³-hybridized carbons (Fsp3) is 0.300. The van der Waals surface area contributed by atoms with Crippen molar-refractivity contribution in [3.63, 3.8) is 0 Å². The normalized spacial score (nSPS) is 11.6. The molecular formula is C10H12ClF2IN2O. The van der Waals surface area contributed by atoms with E-state index < -0.39 is 17.5 Å². The van der Waals surface area contributed by atoms with Gasteiger partial charge in [-0.05, 0) is 41.6 Å². The third-order valence-corrected chi connectivity index (χ3v) is 2.88. The van der Waals surface area contributed by atoms with Gasteiger partial charge in [-0.2, -0.15) is 0 Å². The standard InChI is InChI=1S/C10H11F2IN2O.ClH/c1-5(4-14)15-10(16)6-2-7(11)8(12)3-9(6)13;/h2-3,5H,4,14H2,1H3,(H,15,16);1H/t5-;/m0./s1. The van der Waals surface area contributed by atoms with Crippen LogP contribution in [-0.4, -0.2) is 18.5 Å². The second kappa shape index (κ2) is 7.07. The Morgan fingerprint density at radius 2 is 2.00 bits per heavy atom. The molecule has 0 aliphatic carbocycles. The Bertz CT molecular complexity index is 418. The average Bonchev–Trinajstić information content (AvgIpc) is 2.23. The molecule has 0 heterocycles. The van der Waals surface area contributed by atoms with Crippen LogP contribution >= 0.6 is 35.0 Å². The third kappa shape index (κ3) is 4.36. The lowest BCUT2D eigenvalue weighted by Gasteiger charge is -2.12. The van der Waals surface area contributed by atoms with Gasteiger partial charge in [-0.25, -0.2) is 8.78 Å². The molecule has 1 amide bonds. The van der Waals surface area contributed by atoms with Gasteiger partial charge in [0.15, 0.2) is 11.6 Å². The highest BCUT2D eigenvalue weighted by atomic mass is 127. The van der Waals surface area contributed by atoms with Crippen LogP contribution in [0.25, 0.3) is 0 Å². The summed E-state index contributed by atoms with van der Waals surface area (Å²) in [5.74, 6) is -2.46. The molecule has 1 aromatic carbocycles. The lowest BCUT2D eigenvalue weighted by molar-refractivity contribution is 0.0940. The molecule has 7 heteroatoms. The second-order valence-corrected chi connectivity index (χ2v) is 4.52. The Balaban J connectivity index is 0.00000256. The number of amides is 1. The van der Waals surface area contributed by atoms with E-state index in [0.29, 0.717) is 3.57 Å². The van der Waals surface area contributed by atoms with Crippen molar-refractivity contribution in [2.75, 3.05) is 6.54 Å². The number of carbonyl (C=O) groups excluding carboxylic acids is 1. The molecule has 17 heavy (non-hydrogen) atoms. The first-order valence-corrected chi connectivity index (χ1v) is 5.69. The summed E-state index contributed by atoms with van der Waals surface area (Å²) < 4.78 is 26.1. The fourth-order valence-corrected chi connectivity index (χ4v) is 1.73. The van der Waals surface area contributed by atoms with E-state index in [9.17, 15) is 13.6 Å². The number of hydrogen-bond acceptors (Lipinski definition) is 2. The van der Waals surface area contributed by atoms with E-state index in [1.807, 2.05) is 0 Å². The van der Waals surface area contributed by atoms with Crippen molar-refractivity contribution in [2.24, 2.45) is 5.73 Å². The molecule has 3 nitrogen and oxygen atoms in total. The molecule has 1 atom stereocenters. The number of rotatable bonds is 3. The number of carbonyl (C=O) groups is 1. The zero-order valence-electron chi connectivity index (χ0n) is 8.97. The Hall–Kier alpha value is -0.470. The molecule has 0 aromatic heterocycles. The van der Waals surface area contributed by atoms with Crippen LogP contribution in [0.2, 0.25) is 0 Å². The van der Waals surface area contributed by atoms with Crippen molar-refractivity contribution in [1.82, 2.24) is 5.32 Å². The third-order valence-electron chi connectivity index (χ3n) is 1.99. The zero-order valence-corrected chi connectivity index (χ0v) is 11.9. The maximum absolute atomic E-state index is 13.0. The number of benzene rings is 1. The van der Waals surface area contributed by atoms with E-state index in [1.165, 1.54) is 0 Å². The molecule has 0 unspecified atom stereocenters. The summed E-state index contributed by atoms with van der Waals surface area (Å²) in [6, 6.07) is 1.66. The first-order chi connectivity index (χ1) is 7.45. The molecule has 3 N–H and O–H groups in total. The van der Waals surface area contributed by atoms with Crippen LogP contribution in [0.4, 0.5) is 8.78 Å². The van der Waals surface area contributed by atoms with Crippen LogP contribution in [0.5, 0.6) is 0 Å². The summed E-state index contributed by atoms with van der Waals surface area (Å²) in [7, 11) is 0. The van der Waals surface area contributed by atoms with Gasteiger partial charge in [0.1, 0.15) is 0 Å². The van der Waals surface area contributed by atoms with Crippen molar-refractivity contribution in [2.45, 2.75) is 13.0 Å². The van der Waals surface area contributed by atoms with Crippen molar-refractivity contribution in [3.05, 3.63) is 32.9 Å². The predicted molar refractivity (Wildman–Crippen MR) is 72.3 cm³/mol. The molecule has 96 valence electrons. The van der Waals surface area contributed by atoms with Crippen LogP contribution in [-0.2, 0) is 0 Å². The minimum absolute atomic E-state index is 0. The highest BCUT2D eigenvalue weighted by Crippen LogP contribution is 2.17. The molecular weight excluding hydrogens is 364 g/mol. The van der Waals surface area contributed by atoms with Crippen LogP contribution in [0, 0.1) is 15.2 Å². The fourth-order valence-electron chi connectivity index (χ4n) is 1.06. The maximum atomic E-state index is 13.0. The van der Waals surface area contributed by atoms with Crippen molar-refractivity contribution in [1.29, 1.82) is 0 Å². The lowest BCUT2D eigenvalue weighted by atomic mass is 10.2. The molecule has 0 radical (unpaired) electrons. The smallest absolute Gasteiger partial charge is 0.252 e. The molecule has 0 aliphatic rings. The Kier molecular flexibility index (Phi) is 6.88. The van der Waals surface area contributed by atoms with Gasteiger partial charge in [0.25, 0.3) is 5.91 Å². The van der Waals surface area contributed by atoms with Gasteiger partial charge in [0.05, 0.1) is 5.56 Å². The SMILES string of the molecule is C[C@@H](CN)NC(=O)c1cc(F)c(F)cc1I.Cl. The summed E-state index contributed by atoms with van der Waals surface area (Å²) in [6.07, 6.45) is 0. The number of hydrogen-bond donors (Lipinski definition) is 2. The average molecular weight is 377 g/mol. The quantitative estimate of drug-likeness (QED) is 0.627. The van der Waals surface area contributed by atoms with Crippen LogP contribution in [0.1, 0.15) is 17.3 Å². The number of nitrogens with two attached hydrogens (primary N) is 1. The van der Waals surface area contributed by atoms with E-state index in [-0.39, 0.29) is 30.6 Å². The van der Waals surface area contributed by atoms with Crippen LogP contribution < -0.4 is 11.1 Å². The molecule has 0 fully saturated rings. The van der Waals surface area contributed by atoms with E-state index in [4.69, 9.17) is 5.73 Å². The van der Waals surface area contributed by atoms with Gasteiger partial charge in [0.2, 0.25) is 0 Å². The molecule has 0 saturated carbocycles. The topological polar surface area (TPSA) is 55.1 Å². The van der Waals surface area contributed by atoms with Gasteiger partial charge < -0.3 is 11.1 Å². The molecule has 1 rings (SSSR count). The number of nitrogens with one attached hydrogen (secondary N) is 1. The summed E-state index contributed by atoms with van der Waals surface area (Å²) in [6.45, 7) is 2.01. The summed E-state index contributed by atoms with van der Waals surface area (Å²) >= 11 is 1.78. The van der Waals surface area contributed by atoms with Crippen molar-refractivity contribution >= 4 is 40.9 Å². The Morgan fingerprint density at radius 1 is 1.47 bits per heavy atom. The van der Waals surface area contributed by atoms with E-state index in [2.05, 4.69) is 5.32 Å². The van der Waals surface area contributed by atoms with Gasteiger partial charge in [0, 0.05) is 16.2 Å².